The first-order valence-electron chi connectivity index (χ1n) is 7.47. The molecule has 0 spiro atoms. The molecule has 1 heterocycles. The molecule has 0 bridgehead atoms. The Labute approximate surface area is 116 Å². The van der Waals surface area contributed by atoms with Gasteiger partial charge in [0.15, 0.2) is 0 Å². The van der Waals surface area contributed by atoms with Crippen molar-refractivity contribution in [1.29, 1.82) is 0 Å². The van der Waals surface area contributed by atoms with Crippen molar-refractivity contribution in [2.75, 3.05) is 32.8 Å². The first-order valence-corrected chi connectivity index (χ1v) is 7.47. The van der Waals surface area contributed by atoms with Crippen LogP contribution in [-0.2, 0) is 17.8 Å². The number of ether oxygens (including phenoxy) is 1. The second-order valence-electron chi connectivity index (χ2n) is 5.24. The predicted octanol–water partition coefficient (Wildman–Crippen LogP) is 2.41. The molecule has 0 aliphatic carbocycles. The van der Waals surface area contributed by atoms with E-state index in [2.05, 4.69) is 41.4 Å². The van der Waals surface area contributed by atoms with Gasteiger partial charge in [0.25, 0.3) is 0 Å². The maximum Gasteiger partial charge on any atom is 0.0593 e. The van der Waals surface area contributed by atoms with Gasteiger partial charge in [-0.2, -0.15) is 0 Å². The lowest BCUT2D eigenvalue weighted by Gasteiger charge is -2.19. The summed E-state index contributed by atoms with van der Waals surface area (Å²) in [5.74, 6) is 0. The molecule has 1 N–H and O–H groups in total. The van der Waals surface area contributed by atoms with E-state index in [-0.39, 0.29) is 0 Å². The minimum atomic E-state index is 0.873. The van der Waals surface area contributed by atoms with Crippen molar-refractivity contribution in [3.8, 4) is 0 Å². The van der Waals surface area contributed by atoms with Crippen molar-refractivity contribution in [1.82, 2.24) is 10.2 Å². The van der Waals surface area contributed by atoms with Crippen molar-refractivity contribution in [2.45, 2.75) is 32.9 Å². The quantitative estimate of drug-likeness (QED) is 0.797. The zero-order chi connectivity index (χ0) is 13.3. The minimum absolute atomic E-state index is 0.873. The maximum atomic E-state index is 5.50. The lowest BCUT2D eigenvalue weighted by molar-refractivity contribution is 0.140. The van der Waals surface area contributed by atoms with E-state index < -0.39 is 0 Å². The molecule has 1 aliphatic rings. The maximum absolute atomic E-state index is 5.50. The molecule has 0 radical (unpaired) electrons. The topological polar surface area (TPSA) is 24.5 Å². The van der Waals surface area contributed by atoms with E-state index in [4.69, 9.17) is 4.74 Å². The van der Waals surface area contributed by atoms with Gasteiger partial charge in [-0.1, -0.05) is 31.2 Å². The van der Waals surface area contributed by atoms with Gasteiger partial charge in [0.2, 0.25) is 0 Å². The van der Waals surface area contributed by atoms with Crippen molar-refractivity contribution >= 4 is 0 Å². The Hall–Kier alpha value is -0.900. The van der Waals surface area contributed by atoms with Crippen molar-refractivity contribution in [2.24, 2.45) is 0 Å². The van der Waals surface area contributed by atoms with Gasteiger partial charge in [-0.3, -0.25) is 4.90 Å². The smallest absolute Gasteiger partial charge is 0.0593 e. The molecule has 106 valence electrons. The van der Waals surface area contributed by atoms with Crippen LogP contribution in [0.5, 0.6) is 0 Å². The van der Waals surface area contributed by atoms with Gasteiger partial charge in [0, 0.05) is 32.8 Å². The van der Waals surface area contributed by atoms with Crippen LogP contribution in [0.3, 0.4) is 0 Å². The van der Waals surface area contributed by atoms with Gasteiger partial charge in [-0.15, -0.1) is 0 Å². The summed E-state index contributed by atoms with van der Waals surface area (Å²) in [6.45, 7) is 9.31. The van der Waals surface area contributed by atoms with Gasteiger partial charge in [-0.25, -0.2) is 0 Å². The molecule has 1 aromatic rings. The van der Waals surface area contributed by atoms with Crippen LogP contribution in [0.2, 0.25) is 0 Å². The highest BCUT2D eigenvalue weighted by molar-refractivity contribution is 5.23. The summed E-state index contributed by atoms with van der Waals surface area (Å²) in [6.07, 6.45) is 2.34. The number of nitrogens with one attached hydrogen (secondary N) is 1. The molecule has 0 amide bonds. The Morgan fingerprint density at radius 3 is 3.00 bits per heavy atom. The fraction of sp³-hybridized carbons (Fsp3) is 0.625. The summed E-state index contributed by atoms with van der Waals surface area (Å²) in [4.78, 5) is 2.49. The van der Waals surface area contributed by atoms with E-state index in [0.717, 1.165) is 52.4 Å². The van der Waals surface area contributed by atoms with Crippen LogP contribution in [0.25, 0.3) is 0 Å². The van der Waals surface area contributed by atoms with Gasteiger partial charge in [0.05, 0.1) is 6.61 Å². The lowest BCUT2D eigenvalue weighted by Crippen LogP contribution is -2.25. The molecule has 1 aromatic carbocycles. The number of rotatable bonds is 6. The third-order valence-electron chi connectivity index (χ3n) is 3.47. The van der Waals surface area contributed by atoms with Crippen molar-refractivity contribution in [3.63, 3.8) is 0 Å². The van der Waals surface area contributed by atoms with Gasteiger partial charge >= 0.3 is 0 Å². The summed E-state index contributed by atoms with van der Waals surface area (Å²) in [5.41, 5.74) is 2.80. The fourth-order valence-electron chi connectivity index (χ4n) is 2.46. The van der Waals surface area contributed by atoms with Gasteiger partial charge < -0.3 is 10.1 Å². The lowest BCUT2D eigenvalue weighted by atomic mass is 10.1. The Kier molecular flexibility index (Phi) is 6.34. The summed E-state index contributed by atoms with van der Waals surface area (Å²) in [5, 5.41) is 3.46. The van der Waals surface area contributed by atoms with Crippen LogP contribution in [0.1, 0.15) is 30.9 Å². The highest BCUT2D eigenvalue weighted by Gasteiger charge is 2.09. The van der Waals surface area contributed by atoms with Gasteiger partial charge in [-0.05, 0) is 30.5 Å². The molecule has 1 saturated heterocycles. The van der Waals surface area contributed by atoms with E-state index in [1.807, 2.05) is 0 Å². The summed E-state index contributed by atoms with van der Waals surface area (Å²) in [6, 6.07) is 8.94. The molecule has 1 aliphatic heterocycles. The Morgan fingerprint density at radius 2 is 2.11 bits per heavy atom. The zero-order valence-corrected chi connectivity index (χ0v) is 12.0. The molecule has 0 unspecified atom stereocenters. The molecule has 3 heteroatoms. The monoisotopic (exact) mass is 262 g/mol. The van der Waals surface area contributed by atoms with E-state index in [9.17, 15) is 0 Å². The van der Waals surface area contributed by atoms with Crippen LogP contribution in [-0.4, -0.2) is 37.7 Å². The van der Waals surface area contributed by atoms with E-state index in [1.54, 1.807) is 0 Å². The van der Waals surface area contributed by atoms with Crippen LogP contribution in [0, 0.1) is 0 Å². The molecular formula is C16H26N2O. The van der Waals surface area contributed by atoms with Gasteiger partial charge in [0.1, 0.15) is 0 Å². The molecule has 1 fully saturated rings. The normalized spacial score (nSPS) is 17.3. The highest BCUT2D eigenvalue weighted by atomic mass is 16.5. The fourth-order valence-corrected chi connectivity index (χ4v) is 2.46. The molecule has 0 saturated carbocycles. The average Bonchev–Trinajstić information content (AvgIpc) is 2.68. The third kappa shape index (κ3) is 5.31. The van der Waals surface area contributed by atoms with E-state index in [1.165, 1.54) is 17.5 Å². The van der Waals surface area contributed by atoms with Crippen LogP contribution >= 0.6 is 0 Å². The summed E-state index contributed by atoms with van der Waals surface area (Å²) < 4.78 is 5.50. The van der Waals surface area contributed by atoms with Crippen LogP contribution in [0.4, 0.5) is 0 Å². The number of hydrogen-bond acceptors (Lipinski definition) is 3. The van der Waals surface area contributed by atoms with Crippen LogP contribution in [0.15, 0.2) is 24.3 Å². The van der Waals surface area contributed by atoms with E-state index >= 15 is 0 Å². The number of hydrogen-bond donors (Lipinski definition) is 1. The van der Waals surface area contributed by atoms with Crippen molar-refractivity contribution in [3.05, 3.63) is 35.4 Å². The molecule has 0 aromatic heterocycles. The third-order valence-corrected chi connectivity index (χ3v) is 3.47. The summed E-state index contributed by atoms with van der Waals surface area (Å²) in [7, 11) is 0. The Balaban J connectivity index is 1.86. The average molecular weight is 262 g/mol. The minimum Gasteiger partial charge on any atom is -0.380 e. The second kappa shape index (κ2) is 8.31. The number of benzene rings is 1. The SMILES string of the molecule is CCCNCc1cccc(CN2CCCOCC2)c1. The zero-order valence-electron chi connectivity index (χ0n) is 12.0. The Bertz CT molecular complexity index is 360. The standard InChI is InChI=1S/C16H26N2O/c1-2-7-17-13-15-5-3-6-16(12-15)14-18-8-4-10-19-11-9-18/h3,5-6,12,17H,2,4,7-11,13-14H2,1H3. The largest absolute Gasteiger partial charge is 0.380 e. The molecule has 2 rings (SSSR count). The molecule has 0 atom stereocenters. The van der Waals surface area contributed by atoms with Crippen LogP contribution < -0.4 is 5.32 Å². The first kappa shape index (κ1) is 14.5. The number of nitrogens with zero attached hydrogens (tertiary/aromatic N) is 1. The predicted molar refractivity (Wildman–Crippen MR) is 79.2 cm³/mol. The summed E-state index contributed by atoms with van der Waals surface area (Å²) >= 11 is 0. The molecular weight excluding hydrogens is 236 g/mol. The first-order chi connectivity index (χ1) is 9.38. The van der Waals surface area contributed by atoms with E-state index in [0.29, 0.717) is 0 Å². The molecule has 19 heavy (non-hydrogen) atoms. The second-order valence-corrected chi connectivity index (χ2v) is 5.24. The molecule has 3 nitrogen and oxygen atoms in total. The Morgan fingerprint density at radius 1 is 1.21 bits per heavy atom. The van der Waals surface area contributed by atoms with Crippen molar-refractivity contribution < 1.29 is 4.74 Å². The highest BCUT2D eigenvalue weighted by Crippen LogP contribution is 2.10.